The molecular formula is C20H33F3N2O4. The summed E-state index contributed by atoms with van der Waals surface area (Å²) in [5.74, 6) is -1.74. The van der Waals surface area contributed by atoms with Gasteiger partial charge >= 0.3 is 18.2 Å². The van der Waals surface area contributed by atoms with Crippen LogP contribution in [0.3, 0.4) is 0 Å². The van der Waals surface area contributed by atoms with Crippen molar-refractivity contribution in [2.75, 3.05) is 26.8 Å². The molecule has 3 atom stereocenters. The third-order valence-electron chi connectivity index (χ3n) is 6.05. The van der Waals surface area contributed by atoms with Gasteiger partial charge in [-0.05, 0) is 52.9 Å². The van der Waals surface area contributed by atoms with Gasteiger partial charge in [0.15, 0.2) is 0 Å². The number of nitrogens with zero attached hydrogens (tertiary/aromatic N) is 2. The fourth-order valence-corrected chi connectivity index (χ4v) is 4.18. The fraction of sp³-hybridized carbons (Fsp3) is 0.900. The van der Waals surface area contributed by atoms with E-state index < -0.39 is 41.3 Å². The Labute approximate surface area is 170 Å². The van der Waals surface area contributed by atoms with Crippen molar-refractivity contribution >= 4 is 12.0 Å². The summed E-state index contributed by atoms with van der Waals surface area (Å²) in [5.41, 5.74) is -1.28. The molecule has 1 aliphatic heterocycles. The second kappa shape index (κ2) is 8.32. The Balaban J connectivity index is 2.19. The highest BCUT2D eigenvalue weighted by Gasteiger charge is 2.55. The highest BCUT2D eigenvalue weighted by Crippen LogP contribution is 2.45. The Hall–Kier alpha value is -1.51. The minimum atomic E-state index is -4.91. The largest absolute Gasteiger partial charge is 0.471 e. The molecule has 6 nitrogen and oxygen atoms in total. The fourth-order valence-electron chi connectivity index (χ4n) is 4.18. The molecule has 1 saturated carbocycles. The van der Waals surface area contributed by atoms with Crippen molar-refractivity contribution in [3.63, 3.8) is 0 Å². The zero-order valence-corrected chi connectivity index (χ0v) is 18.1. The van der Waals surface area contributed by atoms with Gasteiger partial charge in [0.2, 0.25) is 0 Å². The molecule has 0 aromatic heterocycles. The van der Waals surface area contributed by atoms with Crippen LogP contribution in [0.15, 0.2) is 0 Å². The minimum Gasteiger partial charge on any atom is -0.444 e. The first-order valence-electron chi connectivity index (χ1n) is 10.1. The van der Waals surface area contributed by atoms with Crippen molar-refractivity contribution in [2.24, 2.45) is 11.3 Å². The Morgan fingerprint density at radius 2 is 1.72 bits per heavy atom. The minimum absolute atomic E-state index is 0.0465. The Morgan fingerprint density at radius 1 is 1.21 bits per heavy atom. The zero-order chi connectivity index (χ0) is 22.2. The number of methoxy groups -OCH3 is 1. The van der Waals surface area contributed by atoms with E-state index in [1.54, 1.807) is 32.6 Å². The molecule has 2 amide bonds. The van der Waals surface area contributed by atoms with Crippen molar-refractivity contribution in [3.8, 4) is 0 Å². The first-order chi connectivity index (χ1) is 13.2. The molecule has 9 heteroatoms. The first kappa shape index (κ1) is 23.8. The molecule has 1 heterocycles. The molecule has 2 rings (SSSR count). The predicted octanol–water partition coefficient (Wildman–Crippen LogP) is 3.84. The van der Waals surface area contributed by atoms with Gasteiger partial charge in [0.1, 0.15) is 5.60 Å². The molecule has 1 saturated heterocycles. The van der Waals surface area contributed by atoms with Crippen LogP contribution in [0, 0.1) is 11.3 Å². The van der Waals surface area contributed by atoms with Crippen LogP contribution in [0.2, 0.25) is 0 Å². The lowest BCUT2D eigenvalue weighted by molar-refractivity contribution is -0.193. The molecule has 29 heavy (non-hydrogen) atoms. The van der Waals surface area contributed by atoms with Gasteiger partial charge in [-0.2, -0.15) is 13.2 Å². The van der Waals surface area contributed by atoms with Crippen molar-refractivity contribution in [1.82, 2.24) is 9.80 Å². The number of rotatable bonds is 5. The molecule has 0 aromatic carbocycles. The summed E-state index contributed by atoms with van der Waals surface area (Å²) in [7, 11) is 1.50. The number of likely N-dealkylation sites (tertiary alicyclic amines) is 1. The van der Waals surface area contributed by atoms with Crippen LogP contribution < -0.4 is 0 Å². The molecule has 0 bridgehead atoms. The van der Waals surface area contributed by atoms with Gasteiger partial charge in [0.05, 0.1) is 6.61 Å². The maximum absolute atomic E-state index is 13.3. The van der Waals surface area contributed by atoms with Crippen LogP contribution in [0.5, 0.6) is 0 Å². The molecule has 2 aliphatic rings. The third-order valence-corrected chi connectivity index (χ3v) is 6.05. The number of piperidine rings is 1. The normalized spacial score (nSPS) is 25.3. The monoisotopic (exact) mass is 422 g/mol. The first-order valence-corrected chi connectivity index (χ1v) is 10.1. The Kier molecular flexibility index (Phi) is 6.82. The number of hydrogen-bond donors (Lipinski definition) is 0. The van der Waals surface area contributed by atoms with Gasteiger partial charge in [-0.3, -0.25) is 4.79 Å². The predicted molar refractivity (Wildman–Crippen MR) is 101 cm³/mol. The summed E-state index contributed by atoms with van der Waals surface area (Å²) in [6, 6.07) is -1.07. The highest BCUT2D eigenvalue weighted by atomic mass is 19.4. The van der Waals surface area contributed by atoms with Crippen molar-refractivity contribution < 1.29 is 32.2 Å². The lowest BCUT2D eigenvalue weighted by Gasteiger charge is -2.49. The summed E-state index contributed by atoms with van der Waals surface area (Å²) in [6.45, 7) is 9.78. The van der Waals surface area contributed by atoms with Gasteiger partial charge < -0.3 is 19.3 Å². The molecule has 2 fully saturated rings. The van der Waals surface area contributed by atoms with E-state index in [2.05, 4.69) is 0 Å². The lowest BCUT2D eigenvalue weighted by atomic mass is 9.72. The molecule has 0 radical (unpaired) electrons. The van der Waals surface area contributed by atoms with Gasteiger partial charge in [-0.15, -0.1) is 0 Å². The van der Waals surface area contributed by atoms with Gasteiger partial charge in [-0.1, -0.05) is 6.92 Å². The quantitative estimate of drug-likeness (QED) is 0.676. The van der Waals surface area contributed by atoms with Gasteiger partial charge in [0.25, 0.3) is 0 Å². The number of ether oxygens (including phenoxy) is 2. The zero-order valence-electron chi connectivity index (χ0n) is 18.1. The van der Waals surface area contributed by atoms with Crippen LogP contribution in [-0.2, 0) is 14.3 Å². The average molecular weight is 422 g/mol. The average Bonchev–Trinajstić information content (AvgIpc) is 3.29. The summed E-state index contributed by atoms with van der Waals surface area (Å²) < 4.78 is 50.6. The summed E-state index contributed by atoms with van der Waals surface area (Å²) in [6.07, 6.45) is -3.91. The number of alkyl halides is 3. The second-order valence-electron chi connectivity index (χ2n) is 9.43. The Bertz CT molecular complexity index is 610. The molecule has 0 spiro atoms. The molecule has 0 N–H and O–H groups in total. The van der Waals surface area contributed by atoms with Crippen molar-refractivity contribution in [2.45, 2.75) is 77.7 Å². The van der Waals surface area contributed by atoms with E-state index in [1.807, 2.05) is 6.92 Å². The number of amides is 2. The van der Waals surface area contributed by atoms with E-state index in [0.717, 1.165) is 4.90 Å². The molecule has 1 unspecified atom stereocenters. The van der Waals surface area contributed by atoms with Gasteiger partial charge in [-0.25, -0.2) is 4.79 Å². The van der Waals surface area contributed by atoms with E-state index in [4.69, 9.17) is 9.47 Å². The maximum atomic E-state index is 13.3. The molecule has 0 aromatic rings. The molecule has 168 valence electrons. The number of carbonyl (C=O) groups is 2. The highest BCUT2D eigenvalue weighted by molar-refractivity contribution is 5.83. The summed E-state index contributed by atoms with van der Waals surface area (Å²) in [5, 5.41) is 0. The number of carbonyl (C=O) groups excluding carboxylic acids is 2. The lowest BCUT2D eigenvalue weighted by Crippen LogP contribution is -2.59. The molecule has 1 aliphatic carbocycles. The maximum Gasteiger partial charge on any atom is 0.471 e. The summed E-state index contributed by atoms with van der Waals surface area (Å²) >= 11 is 0. The topological polar surface area (TPSA) is 59.1 Å². The van der Waals surface area contributed by atoms with Crippen LogP contribution in [0.4, 0.5) is 18.0 Å². The van der Waals surface area contributed by atoms with Crippen molar-refractivity contribution in [1.29, 1.82) is 0 Å². The van der Waals surface area contributed by atoms with E-state index in [-0.39, 0.29) is 12.5 Å². The Morgan fingerprint density at radius 3 is 2.10 bits per heavy atom. The third kappa shape index (κ3) is 5.55. The number of hydrogen-bond acceptors (Lipinski definition) is 4. The van der Waals surface area contributed by atoms with E-state index in [1.165, 1.54) is 7.11 Å². The molecular weight excluding hydrogens is 389 g/mol. The van der Waals surface area contributed by atoms with E-state index >= 15 is 0 Å². The summed E-state index contributed by atoms with van der Waals surface area (Å²) in [4.78, 5) is 27.2. The van der Waals surface area contributed by atoms with Crippen molar-refractivity contribution in [3.05, 3.63) is 0 Å². The standard InChI is InChI=1S/C20H33F3N2O4/c1-13-11-15(13)25(16(26)20(21,22)23)14(2)19(12-28-6)7-9-24(10-8-19)17(27)29-18(3,4)5/h13-15H,7-12H2,1-6H3/t13-,14?,15-/m1/s1. The number of halogens is 3. The SMILES string of the molecule is COCC1(C(C)N(C(=O)C(F)(F)F)[C@@H]2C[C@H]2C)CCN(C(=O)OC(C)(C)C)CC1. The van der Waals surface area contributed by atoms with E-state index in [0.29, 0.717) is 32.4 Å². The van der Waals surface area contributed by atoms with E-state index in [9.17, 15) is 22.8 Å². The smallest absolute Gasteiger partial charge is 0.444 e. The van der Waals surface area contributed by atoms with Crippen LogP contribution in [0.1, 0.15) is 53.9 Å². The second-order valence-corrected chi connectivity index (χ2v) is 9.43. The van der Waals surface area contributed by atoms with Crippen LogP contribution >= 0.6 is 0 Å². The van der Waals surface area contributed by atoms with Crippen LogP contribution in [-0.4, -0.2) is 72.5 Å². The van der Waals surface area contributed by atoms with Crippen LogP contribution in [0.25, 0.3) is 0 Å². The van der Waals surface area contributed by atoms with Gasteiger partial charge in [0, 0.05) is 37.7 Å².